The first-order valence-electron chi connectivity index (χ1n) is 7.05. The van der Waals surface area contributed by atoms with E-state index in [9.17, 15) is 19.2 Å². The van der Waals surface area contributed by atoms with Crippen LogP contribution < -0.4 is 16.0 Å². The quantitative estimate of drug-likeness (QED) is 0.524. The van der Waals surface area contributed by atoms with Crippen LogP contribution in [0, 0.1) is 0 Å². The van der Waals surface area contributed by atoms with Gasteiger partial charge in [0.15, 0.2) is 0 Å². The average molecular weight is 298 g/mol. The van der Waals surface area contributed by atoms with Crippen molar-refractivity contribution in [2.75, 3.05) is 26.2 Å². The maximum Gasteiger partial charge on any atom is 0.242 e. The van der Waals surface area contributed by atoms with Crippen LogP contribution in [0.15, 0.2) is 0 Å². The summed E-state index contributed by atoms with van der Waals surface area (Å²) in [5.74, 6) is -1.15. The van der Waals surface area contributed by atoms with Crippen molar-refractivity contribution in [3.63, 3.8) is 0 Å². The number of amides is 4. The van der Waals surface area contributed by atoms with Gasteiger partial charge in [-0.1, -0.05) is 0 Å². The van der Waals surface area contributed by atoms with Gasteiger partial charge in [0.2, 0.25) is 23.6 Å². The Kier molecular flexibility index (Phi) is 6.64. The number of carbonyl (C=O) groups is 4. The highest BCUT2D eigenvalue weighted by atomic mass is 16.2. The Morgan fingerprint density at radius 2 is 1.95 bits per heavy atom. The minimum absolute atomic E-state index is 0.0298. The first-order chi connectivity index (χ1) is 9.93. The summed E-state index contributed by atoms with van der Waals surface area (Å²) < 4.78 is 0. The molecular formula is C13H22N4O4. The maximum atomic E-state index is 11.6. The maximum absolute atomic E-state index is 11.6. The minimum Gasteiger partial charge on any atom is -0.355 e. The van der Waals surface area contributed by atoms with Crippen molar-refractivity contribution in [3.05, 3.63) is 0 Å². The van der Waals surface area contributed by atoms with E-state index >= 15 is 0 Å². The van der Waals surface area contributed by atoms with E-state index in [1.54, 1.807) is 13.8 Å². The highest BCUT2D eigenvalue weighted by Gasteiger charge is 2.22. The lowest BCUT2D eigenvalue weighted by atomic mass is 10.3. The molecule has 1 aliphatic heterocycles. The van der Waals surface area contributed by atoms with Crippen LogP contribution in [-0.4, -0.2) is 60.7 Å². The van der Waals surface area contributed by atoms with Crippen LogP contribution in [0.3, 0.4) is 0 Å². The Balaban J connectivity index is 2.24. The predicted molar refractivity (Wildman–Crippen MR) is 75.1 cm³/mol. The summed E-state index contributed by atoms with van der Waals surface area (Å²) in [6.07, 6.45) is 1.23. The fourth-order valence-electron chi connectivity index (χ4n) is 1.96. The summed E-state index contributed by atoms with van der Waals surface area (Å²) in [5, 5.41) is 7.49. The van der Waals surface area contributed by atoms with Crippen LogP contribution in [0.2, 0.25) is 0 Å². The van der Waals surface area contributed by atoms with Crippen LogP contribution in [0.4, 0.5) is 0 Å². The van der Waals surface area contributed by atoms with Gasteiger partial charge in [0.25, 0.3) is 0 Å². The van der Waals surface area contributed by atoms with Gasteiger partial charge < -0.3 is 20.9 Å². The number of nitrogens with one attached hydrogen (secondary N) is 3. The highest BCUT2D eigenvalue weighted by Crippen LogP contribution is 2.08. The third-order valence-electron chi connectivity index (χ3n) is 3.07. The lowest BCUT2D eigenvalue weighted by Crippen LogP contribution is -2.48. The van der Waals surface area contributed by atoms with Gasteiger partial charge in [0.1, 0.15) is 6.04 Å². The molecular weight excluding hydrogens is 276 g/mol. The minimum atomic E-state index is -0.658. The zero-order valence-electron chi connectivity index (χ0n) is 12.4. The number of carbonyl (C=O) groups excluding carboxylic acids is 4. The van der Waals surface area contributed by atoms with Gasteiger partial charge in [-0.2, -0.15) is 0 Å². The van der Waals surface area contributed by atoms with Crippen LogP contribution in [0.1, 0.15) is 26.7 Å². The fraction of sp³-hybridized carbons (Fsp3) is 0.692. The normalized spacial score (nSPS) is 15.5. The van der Waals surface area contributed by atoms with Crippen LogP contribution in [0.5, 0.6) is 0 Å². The van der Waals surface area contributed by atoms with E-state index in [-0.39, 0.29) is 30.8 Å². The smallest absolute Gasteiger partial charge is 0.242 e. The van der Waals surface area contributed by atoms with Crippen molar-refractivity contribution in [1.82, 2.24) is 20.9 Å². The summed E-state index contributed by atoms with van der Waals surface area (Å²) in [5.41, 5.74) is 0. The molecule has 1 rings (SSSR count). The van der Waals surface area contributed by atoms with E-state index in [4.69, 9.17) is 0 Å². The summed E-state index contributed by atoms with van der Waals surface area (Å²) in [6, 6.07) is -0.658. The van der Waals surface area contributed by atoms with Crippen molar-refractivity contribution >= 4 is 23.6 Å². The van der Waals surface area contributed by atoms with Gasteiger partial charge >= 0.3 is 0 Å². The fourth-order valence-corrected chi connectivity index (χ4v) is 1.96. The molecule has 1 heterocycles. The van der Waals surface area contributed by atoms with Crippen LogP contribution in [0.25, 0.3) is 0 Å². The molecule has 0 bridgehead atoms. The Labute approximate surface area is 123 Å². The lowest BCUT2D eigenvalue weighted by Gasteiger charge is -2.16. The topological polar surface area (TPSA) is 108 Å². The van der Waals surface area contributed by atoms with Crippen molar-refractivity contribution in [3.8, 4) is 0 Å². The van der Waals surface area contributed by atoms with E-state index in [0.29, 0.717) is 19.5 Å². The molecule has 0 aromatic heterocycles. The summed E-state index contributed by atoms with van der Waals surface area (Å²) in [7, 11) is 0. The SMILES string of the molecule is CCNC(=O)[C@H](C)NC(=O)CNC(=O)CN1CCCC1=O. The second-order valence-corrected chi connectivity index (χ2v) is 4.88. The molecule has 1 fully saturated rings. The van der Waals surface area contributed by atoms with Gasteiger partial charge in [-0.25, -0.2) is 0 Å². The van der Waals surface area contributed by atoms with E-state index in [1.807, 2.05) is 0 Å². The summed E-state index contributed by atoms with van der Waals surface area (Å²) >= 11 is 0. The summed E-state index contributed by atoms with van der Waals surface area (Å²) in [4.78, 5) is 47.4. The lowest BCUT2D eigenvalue weighted by molar-refractivity contribution is -0.133. The number of likely N-dealkylation sites (N-methyl/N-ethyl adjacent to an activating group) is 1. The molecule has 118 valence electrons. The highest BCUT2D eigenvalue weighted by molar-refractivity contribution is 5.91. The first-order valence-corrected chi connectivity index (χ1v) is 7.05. The molecule has 0 aliphatic carbocycles. The molecule has 21 heavy (non-hydrogen) atoms. The number of hydrogen-bond acceptors (Lipinski definition) is 4. The van der Waals surface area contributed by atoms with Crippen molar-refractivity contribution in [1.29, 1.82) is 0 Å². The van der Waals surface area contributed by atoms with E-state index in [0.717, 1.165) is 6.42 Å². The standard InChI is InChI=1S/C13H22N4O4/c1-3-14-13(21)9(2)16-10(18)7-15-11(19)8-17-6-4-5-12(17)20/h9H,3-8H2,1-2H3,(H,14,21)(H,15,19)(H,16,18)/t9-/m0/s1. The monoisotopic (exact) mass is 298 g/mol. The zero-order chi connectivity index (χ0) is 15.8. The molecule has 8 heteroatoms. The first kappa shape index (κ1) is 16.9. The van der Waals surface area contributed by atoms with Crippen molar-refractivity contribution in [2.45, 2.75) is 32.7 Å². The molecule has 4 amide bonds. The average Bonchev–Trinajstić information content (AvgIpc) is 2.82. The molecule has 0 radical (unpaired) electrons. The largest absolute Gasteiger partial charge is 0.355 e. The van der Waals surface area contributed by atoms with E-state index in [1.165, 1.54) is 4.90 Å². The van der Waals surface area contributed by atoms with E-state index < -0.39 is 11.9 Å². The molecule has 0 aromatic rings. The van der Waals surface area contributed by atoms with E-state index in [2.05, 4.69) is 16.0 Å². The molecule has 0 spiro atoms. The third kappa shape index (κ3) is 5.80. The van der Waals surface area contributed by atoms with Crippen molar-refractivity contribution < 1.29 is 19.2 Å². The van der Waals surface area contributed by atoms with Gasteiger partial charge in [-0.15, -0.1) is 0 Å². The molecule has 1 saturated heterocycles. The summed E-state index contributed by atoms with van der Waals surface area (Å²) in [6.45, 7) is 4.16. The molecule has 1 atom stereocenters. The Bertz CT molecular complexity index is 424. The second kappa shape index (κ2) is 8.23. The molecule has 1 aliphatic rings. The number of hydrogen-bond donors (Lipinski definition) is 3. The van der Waals surface area contributed by atoms with Gasteiger partial charge in [-0.05, 0) is 20.3 Å². The molecule has 0 saturated carbocycles. The molecule has 0 unspecified atom stereocenters. The van der Waals surface area contributed by atoms with Gasteiger partial charge in [0.05, 0.1) is 13.1 Å². The van der Waals surface area contributed by atoms with Crippen LogP contribution in [-0.2, 0) is 19.2 Å². The molecule has 3 N–H and O–H groups in total. The predicted octanol–water partition coefficient (Wildman–Crippen LogP) is -1.63. The number of likely N-dealkylation sites (tertiary alicyclic amines) is 1. The molecule has 0 aromatic carbocycles. The Hall–Kier alpha value is -2.12. The van der Waals surface area contributed by atoms with Gasteiger partial charge in [0, 0.05) is 19.5 Å². The Morgan fingerprint density at radius 1 is 1.24 bits per heavy atom. The third-order valence-corrected chi connectivity index (χ3v) is 3.07. The van der Waals surface area contributed by atoms with Gasteiger partial charge in [-0.3, -0.25) is 19.2 Å². The van der Waals surface area contributed by atoms with Crippen LogP contribution >= 0.6 is 0 Å². The Morgan fingerprint density at radius 3 is 2.52 bits per heavy atom. The second-order valence-electron chi connectivity index (χ2n) is 4.88. The number of rotatable bonds is 7. The number of nitrogens with zero attached hydrogens (tertiary/aromatic N) is 1. The van der Waals surface area contributed by atoms with Crippen molar-refractivity contribution in [2.24, 2.45) is 0 Å². The molecule has 8 nitrogen and oxygen atoms in total. The zero-order valence-corrected chi connectivity index (χ0v) is 12.4.